The van der Waals surface area contributed by atoms with Gasteiger partial charge in [0.2, 0.25) is 5.75 Å². The first-order valence-electron chi connectivity index (χ1n) is 18.4. The van der Waals surface area contributed by atoms with E-state index in [1.54, 1.807) is 62.8 Å². The van der Waals surface area contributed by atoms with Crippen LogP contribution < -0.4 is 29.6 Å². The molecular formula is C42H46ClN3O10. The van der Waals surface area contributed by atoms with Crippen LogP contribution in [-0.4, -0.2) is 58.9 Å². The highest BCUT2D eigenvalue weighted by Gasteiger charge is 2.26. The van der Waals surface area contributed by atoms with Crippen LogP contribution in [0.2, 0.25) is 5.02 Å². The molecule has 296 valence electrons. The van der Waals surface area contributed by atoms with Gasteiger partial charge in [-0.15, -0.1) is 0 Å². The summed E-state index contributed by atoms with van der Waals surface area (Å²) in [6, 6.07) is 19.4. The number of unbranched alkanes of at least 4 members (excludes halogenated alkanes) is 4. The molecule has 56 heavy (non-hydrogen) atoms. The summed E-state index contributed by atoms with van der Waals surface area (Å²) in [5.41, 5.74) is 5.87. The maximum atomic E-state index is 12.7. The van der Waals surface area contributed by atoms with E-state index in [0.29, 0.717) is 97.3 Å². The third-order valence-corrected chi connectivity index (χ3v) is 9.90. The second kappa shape index (κ2) is 19.0. The lowest BCUT2D eigenvalue weighted by atomic mass is 9.97. The minimum Gasteiger partial charge on any atom is -0.493 e. The number of nitrogens with one attached hydrogen (secondary N) is 2. The van der Waals surface area contributed by atoms with Crippen molar-refractivity contribution in [3.8, 4) is 45.6 Å². The van der Waals surface area contributed by atoms with Crippen molar-refractivity contribution in [2.75, 3.05) is 32.8 Å². The fourth-order valence-corrected chi connectivity index (χ4v) is 6.85. The topological polar surface area (TPSA) is 185 Å². The Morgan fingerprint density at radius 1 is 0.696 bits per heavy atom. The molecule has 4 aromatic carbocycles. The summed E-state index contributed by atoms with van der Waals surface area (Å²) in [6.45, 7) is -0.132. The standard InChI is InChI=1S/C42H46ClN3O10/c1-52-38-17-27(37-20-35(46-56-37)26-15-28(21-47)33(24-50)29(16-26)22-48)18-39(53-2)40(38)55-13-7-5-3-4-6-12-54-36-11-8-25(14-30(36)23-49)41-44-34-10-9-31(43)19-32(34)42(51)45-41/h8-11,14-20,41,44,47-50H,3-7,12-13,21-24H2,1-2H3,(H,45,51). The van der Waals surface area contributed by atoms with Crippen molar-refractivity contribution in [1.82, 2.24) is 10.5 Å². The normalized spacial score (nSPS) is 13.5. The fourth-order valence-electron chi connectivity index (χ4n) is 6.67. The van der Waals surface area contributed by atoms with Gasteiger partial charge in [0.1, 0.15) is 17.6 Å². The number of methoxy groups -OCH3 is 2. The third-order valence-electron chi connectivity index (χ3n) is 9.67. The van der Waals surface area contributed by atoms with Crippen molar-refractivity contribution in [2.45, 2.75) is 64.7 Å². The molecule has 13 nitrogen and oxygen atoms in total. The number of amides is 1. The van der Waals surface area contributed by atoms with E-state index in [4.69, 9.17) is 35.1 Å². The number of ether oxygens (including phenoxy) is 4. The number of halogens is 1. The Kier molecular flexibility index (Phi) is 13.7. The Morgan fingerprint density at radius 2 is 1.36 bits per heavy atom. The number of carbonyl (C=O) groups excluding carboxylic acids is 1. The van der Waals surface area contributed by atoms with Gasteiger partial charge in [-0.3, -0.25) is 4.79 Å². The third kappa shape index (κ3) is 9.20. The van der Waals surface area contributed by atoms with Crippen molar-refractivity contribution in [2.24, 2.45) is 0 Å². The van der Waals surface area contributed by atoms with E-state index in [1.165, 1.54) is 0 Å². The van der Waals surface area contributed by atoms with Gasteiger partial charge < -0.3 is 54.5 Å². The molecule has 1 atom stereocenters. The van der Waals surface area contributed by atoms with E-state index in [1.807, 2.05) is 18.2 Å². The van der Waals surface area contributed by atoms with Crippen molar-refractivity contribution < 1.29 is 48.7 Å². The quantitative estimate of drug-likeness (QED) is 0.0476. The summed E-state index contributed by atoms with van der Waals surface area (Å²) in [4.78, 5) is 12.7. The number of anilines is 1. The average molecular weight is 788 g/mol. The summed E-state index contributed by atoms with van der Waals surface area (Å²) >= 11 is 6.05. The van der Waals surface area contributed by atoms with Crippen LogP contribution in [0, 0.1) is 0 Å². The van der Waals surface area contributed by atoms with Crippen LogP contribution in [0.4, 0.5) is 5.69 Å². The molecule has 1 amide bonds. The Labute approximate surface area is 329 Å². The second-order valence-corrected chi connectivity index (χ2v) is 13.7. The van der Waals surface area contributed by atoms with E-state index in [2.05, 4.69) is 15.8 Å². The average Bonchev–Trinajstić information content (AvgIpc) is 3.73. The van der Waals surface area contributed by atoms with E-state index in [9.17, 15) is 25.2 Å². The fraction of sp³-hybridized carbons (Fsp3) is 0.333. The predicted octanol–water partition coefficient (Wildman–Crippen LogP) is 6.91. The number of aliphatic hydroxyl groups is 4. The van der Waals surface area contributed by atoms with E-state index >= 15 is 0 Å². The molecule has 0 saturated carbocycles. The Hall–Kier alpha value is -5.31. The largest absolute Gasteiger partial charge is 0.493 e. The highest BCUT2D eigenvalue weighted by atomic mass is 35.5. The van der Waals surface area contributed by atoms with Gasteiger partial charge in [-0.25, -0.2) is 0 Å². The molecule has 2 heterocycles. The summed E-state index contributed by atoms with van der Waals surface area (Å²) < 4.78 is 29.1. The number of nitrogens with zero attached hydrogens (tertiary/aromatic N) is 1. The maximum absolute atomic E-state index is 12.7. The Bertz CT molecular complexity index is 2090. The van der Waals surface area contributed by atoms with Crippen LogP contribution in [-0.2, 0) is 26.4 Å². The molecule has 0 radical (unpaired) electrons. The molecular weight excluding hydrogens is 742 g/mol. The zero-order valence-electron chi connectivity index (χ0n) is 31.3. The van der Waals surface area contributed by atoms with E-state index in [-0.39, 0.29) is 32.3 Å². The predicted molar refractivity (Wildman–Crippen MR) is 210 cm³/mol. The van der Waals surface area contributed by atoms with E-state index < -0.39 is 6.17 Å². The zero-order chi connectivity index (χ0) is 39.6. The minimum absolute atomic E-state index is 0.198. The number of rotatable bonds is 19. The molecule has 6 N–H and O–H groups in total. The molecule has 0 spiro atoms. The highest BCUT2D eigenvalue weighted by Crippen LogP contribution is 2.42. The summed E-state index contributed by atoms with van der Waals surface area (Å²) in [5.74, 6) is 2.25. The first kappa shape index (κ1) is 40.4. The zero-order valence-corrected chi connectivity index (χ0v) is 32.0. The van der Waals surface area contributed by atoms with Gasteiger partial charge >= 0.3 is 0 Å². The maximum Gasteiger partial charge on any atom is 0.255 e. The van der Waals surface area contributed by atoms with Gasteiger partial charge in [-0.2, -0.15) is 0 Å². The molecule has 14 heteroatoms. The molecule has 0 aliphatic carbocycles. The van der Waals surface area contributed by atoms with Crippen LogP contribution in [0.25, 0.3) is 22.6 Å². The molecule has 5 aromatic rings. The smallest absolute Gasteiger partial charge is 0.255 e. The van der Waals surface area contributed by atoms with Gasteiger partial charge in [-0.1, -0.05) is 42.1 Å². The second-order valence-electron chi connectivity index (χ2n) is 13.3. The van der Waals surface area contributed by atoms with Crippen LogP contribution in [0.15, 0.2) is 71.3 Å². The van der Waals surface area contributed by atoms with Crippen LogP contribution in [0.5, 0.6) is 23.0 Å². The molecule has 1 aliphatic heterocycles. The highest BCUT2D eigenvalue weighted by molar-refractivity contribution is 6.31. The lowest BCUT2D eigenvalue weighted by molar-refractivity contribution is 0.0935. The van der Waals surface area contributed by atoms with Gasteiger partial charge in [0.25, 0.3) is 5.91 Å². The van der Waals surface area contributed by atoms with Crippen molar-refractivity contribution >= 4 is 23.2 Å². The lowest BCUT2D eigenvalue weighted by Gasteiger charge is -2.28. The van der Waals surface area contributed by atoms with Crippen LogP contribution in [0.1, 0.15) is 76.4 Å². The van der Waals surface area contributed by atoms with Crippen molar-refractivity contribution in [1.29, 1.82) is 0 Å². The van der Waals surface area contributed by atoms with E-state index in [0.717, 1.165) is 37.7 Å². The minimum atomic E-state index is -0.455. The Balaban J connectivity index is 0.964. The lowest BCUT2D eigenvalue weighted by Crippen LogP contribution is -2.38. The SMILES string of the molecule is COc1cc(-c2cc(-c3cc(CO)c(CO)c(CO)c3)no2)cc(OC)c1OCCCCCCCOc1ccc(C2NC(=O)c3cc(Cl)ccc3N2)cc1CO. The molecule has 1 aliphatic rings. The van der Waals surface area contributed by atoms with Gasteiger partial charge in [0, 0.05) is 33.5 Å². The van der Waals surface area contributed by atoms with Gasteiger partial charge in [-0.05, 0) is 89.7 Å². The van der Waals surface area contributed by atoms with Crippen LogP contribution in [0.3, 0.4) is 0 Å². The van der Waals surface area contributed by atoms with Crippen LogP contribution >= 0.6 is 11.6 Å². The number of carbonyl (C=O) groups is 1. The molecule has 1 unspecified atom stereocenters. The molecule has 0 saturated heterocycles. The summed E-state index contributed by atoms with van der Waals surface area (Å²) in [5, 5.41) is 50.3. The van der Waals surface area contributed by atoms with Gasteiger partial charge in [0.15, 0.2) is 17.3 Å². The van der Waals surface area contributed by atoms with Crippen molar-refractivity contribution in [3.63, 3.8) is 0 Å². The first-order chi connectivity index (χ1) is 27.3. The van der Waals surface area contributed by atoms with Gasteiger partial charge in [0.05, 0.1) is 59.4 Å². The summed E-state index contributed by atoms with van der Waals surface area (Å²) in [6.07, 6.45) is 4.11. The monoisotopic (exact) mass is 787 g/mol. The first-order valence-corrected chi connectivity index (χ1v) is 18.7. The number of aromatic nitrogens is 1. The summed E-state index contributed by atoms with van der Waals surface area (Å²) in [7, 11) is 3.10. The number of aliphatic hydroxyl groups excluding tert-OH is 4. The number of hydrogen-bond donors (Lipinski definition) is 6. The number of hydrogen-bond acceptors (Lipinski definition) is 12. The number of fused-ring (bicyclic) bond motifs is 1. The molecule has 0 bridgehead atoms. The molecule has 1 aromatic heterocycles. The molecule has 0 fully saturated rings. The Morgan fingerprint density at radius 3 is 2.00 bits per heavy atom. The number of benzene rings is 4. The molecule has 6 rings (SSSR count). The van der Waals surface area contributed by atoms with Crippen molar-refractivity contribution in [3.05, 3.63) is 105 Å².